The molecule has 4 rings (SSSR count). The molecular formula is C24H36Cl2N7O3P. The SMILES string of the molecule is Cc1cc(N2CCCCC2)nc(OP(=O)(Oc2nc(C)cc(N3CCCCC3)n2)N(CCCl)CCCl)n1. The molecule has 0 unspecified atom stereocenters. The van der Waals surface area contributed by atoms with Crippen molar-refractivity contribution in [3.63, 3.8) is 0 Å². The maximum Gasteiger partial charge on any atom is 0.520 e. The van der Waals surface area contributed by atoms with Crippen molar-refractivity contribution < 1.29 is 13.6 Å². The minimum absolute atomic E-state index is 0.0260. The first-order valence-corrected chi connectivity index (χ1v) is 15.5. The van der Waals surface area contributed by atoms with Crippen LogP contribution in [0.15, 0.2) is 12.1 Å². The van der Waals surface area contributed by atoms with Crippen molar-refractivity contribution in [3.05, 3.63) is 23.5 Å². The van der Waals surface area contributed by atoms with Crippen molar-refractivity contribution in [3.8, 4) is 12.0 Å². The van der Waals surface area contributed by atoms with Gasteiger partial charge in [-0.25, -0.2) is 14.5 Å². The number of rotatable bonds is 11. The van der Waals surface area contributed by atoms with Crippen molar-refractivity contribution in [1.29, 1.82) is 0 Å². The minimum Gasteiger partial charge on any atom is -0.368 e. The van der Waals surface area contributed by atoms with E-state index in [2.05, 4.69) is 29.7 Å². The fourth-order valence-electron chi connectivity index (χ4n) is 4.59. The van der Waals surface area contributed by atoms with Gasteiger partial charge >= 0.3 is 19.8 Å². The number of aryl methyl sites for hydroxylation is 2. The van der Waals surface area contributed by atoms with Gasteiger partial charge in [-0.3, -0.25) is 0 Å². The van der Waals surface area contributed by atoms with Crippen LogP contribution in [0.3, 0.4) is 0 Å². The van der Waals surface area contributed by atoms with Gasteiger partial charge < -0.3 is 18.8 Å². The van der Waals surface area contributed by atoms with Crippen molar-refractivity contribution in [1.82, 2.24) is 24.6 Å². The van der Waals surface area contributed by atoms with E-state index in [0.29, 0.717) is 11.4 Å². The summed E-state index contributed by atoms with van der Waals surface area (Å²) in [6.07, 6.45) is 6.81. The first-order valence-electron chi connectivity index (χ1n) is 13.0. The molecule has 0 atom stereocenters. The van der Waals surface area contributed by atoms with Gasteiger partial charge in [0.05, 0.1) is 0 Å². The molecule has 204 valence electrons. The van der Waals surface area contributed by atoms with Crippen LogP contribution in [0.2, 0.25) is 0 Å². The molecule has 2 aromatic heterocycles. The van der Waals surface area contributed by atoms with E-state index >= 15 is 0 Å². The van der Waals surface area contributed by atoms with E-state index in [1.54, 1.807) is 0 Å². The fourth-order valence-corrected chi connectivity index (χ4v) is 6.77. The van der Waals surface area contributed by atoms with Crippen LogP contribution >= 0.6 is 30.9 Å². The lowest BCUT2D eigenvalue weighted by atomic mass is 10.1. The molecule has 13 heteroatoms. The second kappa shape index (κ2) is 13.3. The maximum atomic E-state index is 14.4. The quantitative estimate of drug-likeness (QED) is 0.264. The Morgan fingerprint density at radius 1 is 0.757 bits per heavy atom. The van der Waals surface area contributed by atoms with Crippen LogP contribution in [0, 0.1) is 13.8 Å². The third-order valence-electron chi connectivity index (χ3n) is 6.43. The van der Waals surface area contributed by atoms with E-state index in [9.17, 15) is 4.57 Å². The molecule has 2 aliphatic heterocycles. The van der Waals surface area contributed by atoms with E-state index in [4.69, 9.17) is 32.2 Å². The molecule has 2 fully saturated rings. The number of halogens is 2. The molecule has 2 saturated heterocycles. The van der Waals surface area contributed by atoms with Gasteiger partial charge in [-0.1, -0.05) is 0 Å². The highest BCUT2D eigenvalue weighted by Gasteiger charge is 2.39. The number of nitrogens with zero attached hydrogens (tertiary/aromatic N) is 7. The Hall–Kier alpha value is -1.87. The van der Waals surface area contributed by atoms with Crippen LogP contribution in [0.1, 0.15) is 49.9 Å². The standard InChI is InChI=1S/C24H36Cl2N7O3P/c1-19-17-21(31-11-5-3-6-12-31)29-23(27-19)35-37(34,33(15-9-25)16-10-26)36-24-28-20(2)18-22(30-24)32-13-7-4-8-14-32/h17-18H,3-16H2,1-2H3. The van der Waals surface area contributed by atoms with Crippen LogP contribution < -0.4 is 18.8 Å². The molecule has 0 aliphatic carbocycles. The van der Waals surface area contributed by atoms with Crippen LogP contribution in [0.25, 0.3) is 0 Å². The molecular weight excluding hydrogens is 536 g/mol. The molecule has 10 nitrogen and oxygen atoms in total. The monoisotopic (exact) mass is 571 g/mol. The number of piperidine rings is 2. The van der Waals surface area contributed by atoms with Crippen molar-refractivity contribution in [2.75, 3.05) is 60.8 Å². The van der Waals surface area contributed by atoms with E-state index in [0.717, 1.165) is 63.5 Å². The fraction of sp³-hybridized carbons (Fsp3) is 0.667. The number of aromatic nitrogens is 4. The Labute approximate surface area is 229 Å². The summed E-state index contributed by atoms with van der Waals surface area (Å²) in [6, 6.07) is 3.77. The van der Waals surface area contributed by atoms with Crippen LogP contribution in [-0.4, -0.2) is 75.6 Å². The molecule has 4 heterocycles. The van der Waals surface area contributed by atoms with E-state index < -0.39 is 7.75 Å². The van der Waals surface area contributed by atoms with Gasteiger partial charge in [-0.05, 0) is 52.4 Å². The molecule has 37 heavy (non-hydrogen) atoms. The summed E-state index contributed by atoms with van der Waals surface area (Å²) in [5.74, 6) is 1.90. The third kappa shape index (κ3) is 7.59. The summed E-state index contributed by atoms with van der Waals surface area (Å²) in [5.41, 5.74) is 1.41. The van der Waals surface area contributed by atoms with Crippen LogP contribution in [0.4, 0.5) is 11.6 Å². The Morgan fingerprint density at radius 3 is 1.54 bits per heavy atom. The molecule has 0 saturated carbocycles. The molecule has 2 aliphatic rings. The first kappa shape index (κ1) is 28.1. The van der Waals surface area contributed by atoms with E-state index in [1.807, 2.05) is 26.0 Å². The Morgan fingerprint density at radius 2 is 1.16 bits per heavy atom. The normalized spacial score (nSPS) is 16.8. The Kier molecular flexibility index (Phi) is 10.1. The summed E-state index contributed by atoms with van der Waals surface area (Å²) in [5, 5.41) is 0. The first-order chi connectivity index (χ1) is 17.9. The summed E-state index contributed by atoms with van der Waals surface area (Å²) < 4.78 is 27.9. The summed E-state index contributed by atoms with van der Waals surface area (Å²) in [4.78, 5) is 22.4. The van der Waals surface area contributed by atoms with Gasteiger partial charge in [0.1, 0.15) is 11.6 Å². The zero-order chi connectivity index (χ0) is 26.3. The Bertz CT molecular complexity index is 1000. The molecule has 0 N–H and O–H groups in total. The molecule has 0 amide bonds. The highest BCUT2D eigenvalue weighted by molar-refractivity contribution is 7.52. The van der Waals surface area contributed by atoms with Gasteiger partial charge in [-0.15, -0.1) is 23.2 Å². The van der Waals surface area contributed by atoms with Gasteiger partial charge in [0.25, 0.3) is 0 Å². The highest BCUT2D eigenvalue weighted by Crippen LogP contribution is 2.51. The minimum atomic E-state index is -4.09. The van der Waals surface area contributed by atoms with Crippen molar-refractivity contribution in [2.24, 2.45) is 0 Å². The topological polar surface area (TPSA) is 96.8 Å². The van der Waals surface area contributed by atoms with Crippen molar-refractivity contribution in [2.45, 2.75) is 52.4 Å². The molecule has 0 spiro atoms. The van der Waals surface area contributed by atoms with Gasteiger partial charge in [0.2, 0.25) is 0 Å². The third-order valence-corrected chi connectivity index (χ3v) is 8.65. The lowest BCUT2D eigenvalue weighted by Gasteiger charge is -2.30. The summed E-state index contributed by atoms with van der Waals surface area (Å²) in [7, 11) is -4.09. The lowest BCUT2D eigenvalue weighted by Crippen LogP contribution is -2.32. The summed E-state index contributed by atoms with van der Waals surface area (Å²) >= 11 is 12.1. The zero-order valence-electron chi connectivity index (χ0n) is 21.6. The number of hydrogen-bond acceptors (Lipinski definition) is 9. The molecule has 0 bridgehead atoms. The average Bonchev–Trinajstić information content (AvgIpc) is 2.89. The van der Waals surface area contributed by atoms with Crippen molar-refractivity contribution >= 4 is 42.6 Å². The predicted octanol–water partition coefficient (Wildman–Crippen LogP) is 5.21. The van der Waals surface area contributed by atoms with Crippen LogP contribution in [0.5, 0.6) is 12.0 Å². The largest absolute Gasteiger partial charge is 0.520 e. The maximum absolute atomic E-state index is 14.4. The second-order valence-electron chi connectivity index (χ2n) is 9.38. The Balaban J connectivity index is 1.66. The summed E-state index contributed by atoms with van der Waals surface area (Å²) in [6.45, 7) is 7.80. The molecule has 2 aromatic rings. The molecule has 0 aromatic carbocycles. The molecule has 0 radical (unpaired) electrons. The average molecular weight is 572 g/mol. The van der Waals surface area contributed by atoms with Gasteiger partial charge in [-0.2, -0.15) is 14.6 Å². The van der Waals surface area contributed by atoms with Gasteiger partial charge in [0.15, 0.2) is 0 Å². The van der Waals surface area contributed by atoms with Crippen LogP contribution in [-0.2, 0) is 4.57 Å². The second-order valence-corrected chi connectivity index (χ2v) is 12.0. The van der Waals surface area contributed by atoms with E-state index in [1.165, 1.54) is 17.5 Å². The number of alkyl halides is 2. The van der Waals surface area contributed by atoms with Gasteiger partial charge in [0, 0.05) is 74.5 Å². The number of anilines is 2. The highest BCUT2D eigenvalue weighted by atomic mass is 35.5. The number of hydrogen-bond donors (Lipinski definition) is 0. The lowest BCUT2D eigenvalue weighted by molar-refractivity contribution is 0.281. The smallest absolute Gasteiger partial charge is 0.368 e. The van der Waals surface area contributed by atoms with E-state index in [-0.39, 0.29) is 36.9 Å². The zero-order valence-corrected chi connectivity index (χ0v) is 24.0. The predicted molar refractivity (Wildman–Crippen MR) is 148 cm³/mol.